The maximum absolute atomic E-state index is 11.8. The molecule has 16 heavy (non-hydrogen) atoms. The first-order chi connectivity index (χ1) is 7.52. The van der Waals surface area contributed by atoms with Crippen LogP contribution in [0.1, 0.15) is 59.8 Å². The third-order valence-corrected chi connectivity index (χ3v) is 2.91. The molecule has 0 aromatic rings. The van der Waals surface area contributed by atoms with Crippen molar-refractivity contribution in [3.05, 3.63) is 0 Å². The molecule has 3 heteroatoms. The van der Waals surface area contributed by atoms with E-state index in [1.54, 1.807) is 0 Å². The Kier molecular flexibility index (Phi) is 8.26. The molecule has 0 saturated carbocycles. The van der Waals surface area contributed by atoms with Crippen molar-refractivity contribution in [1.82, 2.24) is 5.32 Å². The van der Waals surface area contributed by atoms with Gasteiger partial charge in [0.05, 0.1) is 6.04 Å². The highest BCUT2D eigenvalue weighted by Crippen LogP contribution is 2.08. The van der Waals surface area contributed by atoms with E-state index < -0.39 is 0 Å². The van der Waals surface area contributed by atoms with Gasteiger partial charge in [0, 0.05) is 6.04 Å². The summed E-state index contributed by atoms with van der Waals surface area (Å²) in [5.41, 5.74) is 5.82. The molecular formula is C13H28N2O. The Bertz CT molecular complexity index is 192. The molecule has 2 atom stereocenters. The molecule has 0 bridgehead atoms. The number of carbonyl (C=O) groups excluding carboxylic acids is 1. The van der Waals surface area contributed by atoms with Crippen molar-refractivity contribution < 1.29 is 4.79 Å². The van der Waals surface area contributed by atoms with Gasteiger partial charge in [-0.15, -0.1) is 0 Å². The highest BCUT2D eigenvalue weighted by atomic mass is 16.2. The fourth-order valence-corrected chi connectivity index (χ4v) is 1.69. The lowest BCUT2D eigenvalue weighted by Crippen LogP contribution is -2.47. The maximum Gasteiger partial charge on any atom is 0.237 e. The van der Waals surface area contributed by atoms with Gasteiger partial charge >= 0.3 is 0 Å². The molecule has 0 rings (SSSR count). The van der Waals surface area contributed by atoms with Crippen LogP contribution in [0, 0.1) is 5.92 Å². The zero-order valence-corrected chi connectivity index (χ0v) is 11.3. The van der Waals surface area contributed by atoms with Crippen LogP contribution in [0.3, 0.4) is 0 Å². The number of unbranched alkanes of at least 4 members (excludes halogenated alkanes) is 1. The number of hydrogen-bond donors (Lipinski definition) is 2. The molecule has 0 aromatic heterocycles. The molecule has 0 aromatic carbocycles. The average molecular weight is 228 g/mol. The number of rotatable bonds is 8. The van der Waals surface area contributed by atoms with Gasteiger partial charge in [0.2, 0.25) is 5.91 Å². The molecule has 3 N–H and O–H groups in total. The Balaban J connectivity index is 4.11. The summed E-state index contributed by atoms with van der Waals surface area (Å²) in [5, 5.41) is 3.07. The summed E-state index contributed by atoms with van der Waals surface area (Å²) in [7, 11) is 0. The zero-order valence-electron chi connectivity index (χ0n) is 11.3. The van der Waals surface area contributed by atoms with E-state index in [1.165, 1.54) is 12.8 Å². The standard InChI is InChI=1S/C13H28N2O/c1-5-7-9-11(8-6-2)15-13(16)12(14)10(3)4/h10-12H,5-9,14H2,1-4H3,(H,15,16)/t11?,12-/m1/s1. The lowest BCUT2D eigenvalue weighted by atomic mass is 10.0. The minimum absolute atomic E-state index is 0.00422. The van der Waals surface area contributed by atoms with Gasteiger partial charge in [-0.25, -0.2) is 0 Å². The van der Waals surface area contributed by atoms with Crippen molar-refractivity contribution in [1.29, 1.82) is 0 Å². The zero-order chi connectivity index (χ0) is 12.6. The van der Waals surface area contributed by atoms with E-state index in [0.29, 0.717) is 6.04 Å². The molecule has 1 amide bonds. The molecule has 3 nitrogen and oxygen atoms in total. The minimum Gasteiger partial charge on any atom is -0.352 e. The van der Waals surface area contributed by atoms with Crippen molar-refractivity contribution in [3.63, 3.8) is 0 Å². The van der Waals surface area contributed by atoms with Crippen LogP contribution in [0.2, 0.25) is 0 Å². The minimum atomic E-state index is -0.374. The number of nitrogens with two attached hydrogens (primary N) is 1. The molecule has 0 aliphatic carbocycles. The van der Waals surface area contributed by atoms with Crippen molar-refractivity contribution in [2.24, 2.45) is 11.7 Å². The van der Waals surface area contributed by atoms with Crippen LogP contribution in [0.4, 0.5) is 0 Å². The van der Waals surface area contributed by atoms with Gasteiger partial charge < -0.3 is 11.1 Å². The molecule has 96 valence electrons. The molecular weight excluding hydrogens is 200 g/mol. The van der Waals surface area contributed by atoms with Crippen LogP contribution >= 0.6 is 0 Å². The van der Waals surface area contributed by atoms with Crippen LogP contribution < -0.4 is 11.1 Å². The fraction of sp³-hybridized carbons (Fsp3) is 0.923. The smallest absolute Gasteiger partial charge is 0.237 e. The summed E-state index contributed by atoms with van der Waals surface area (Å²) in [6, 6.07) is -0.0665. The number of amides is 1. The van der Waals surface area contributed by atoms with E-state index in [0.717, 1.165) is 19.3 Å². The highest BCUT2D eigenvalue weighted by Gasteiger charge is 2.19. The molecule has 0 saturated heterocycles. The third kappa shape index (κ3) is 6.11. The van der Waals surface area contributed by atoms with Gasteiger partial charge in [0.15, 0.2) is 0 Å². The summed E-state index contributed by atoms with van der Waals surface area (Å²) in [6.07, 6.45) is 5.57. The van der Waals surface area contributed by atoms with Crippen LogP contribution in [-0.4, -0.2) is 18.0 Å². The lowest BCUT2D eigenvalue weighted by molar-refractivity contribution is -0.124. The Morgan fingerprint density at radius 3 is 2.25 bits per heavy atom. The van der Waals surface area contributed by atoms with E-state index in [9.17, 15) is 4.79 Å². The quantitative estimate of drug-likeness (QED) is 0.670. The Morgan fingerprint density at radius 1 is 1.19 bits per heavy atom. The Labute approximate surface area is 100 Å². The molecule has 0 heterocycles. The molecule has 0 aliphatic rings. The fourth-order valence-electron chi connectivity index (χ4n) is 1.69. The van der Waals surface area contributed by atoms with Crippen LogP contribution in [-0.2, 0) is 4.79 Å². The second kappa shape index (κ2) is 8.57. The molecule has 0 radical (unpaired) electrons. The van der Waals surface area contributed by atoms with Crippen molar-refractivity contribution in [3.8, 4) is 0 Å². The summed E-state index contributed by atoms with van der Waals surface area (Å²) in [6.45, 7) is 8.27. The SMILES string of the molecule is CCCCC(CCC)NC(=O)[C@H](N)C(C)C. The van der Waals surface area contributed by atoms with Crippen molar-refractivity contribution in [2.45, 2.75) is 71.9 Å². The largest absolute Gasteiger partial charge is 0.352 e. The first kappa shape index (κ1) is 15.4. The second-order valence-electron chi connectivity index (χ2n) is 4.91. The van der Waals surface area contributed by atoms with Gasteiger partial charge in [-0.1, -0.05) is 47.0 Å². The van der Waals surface area contributed by atoms with Crippen LogP contribution in [0.25, 0.3) is 0 Å². The summed E-state index contributed by atoms with van der Waals surface area (Å²) in [4.78, 5) is 11.8. The van der Waals surface area contributed by atoms with Gasteiger partial charge in [-0.2, -0.15) is 0 Å². The number of hydrogen-bond acceptors (Lipinski definition) is 2. The monoisotopic (exact) mass is 228 g/mol. The molecule has 1 unspecified atom stereocenters. The average Bonchev–Trinajstić information content (AvgIpc) is 2.24. The van der Waals surface area contributed by atoms with E-state index in [-0.39, 0.29) is 17.9 Å². The second-order valence-corrected chi connectivity index (χ2v) is 4.91. The topological polar surface area (TPSA) is 55.1 Å². The van der Waals surface area contributed by atoms with Gasteiger partial charge in [-0.05, 0) is 18.8 Å². The highest BCUT2D eigenvalue weighted by molar-refractivity contribution is 5.81. The number of nitrogens with one attached hydrogen (secondary N) is 1. The summed E-state index contributed by atoms with van der Waals surface area (Å²) >= 11 is 0. The Morgan fingerprint density at radius 2 is 1.81 bits per heavy atom. The first-order valence-electron chi connectivity index (χ1n) is 6.58. The van der Waals surface area contributed by atoms with Crippen molar-refractivity contribution >= 4 is 5.91 Å². The molecule has 0 spiro atoms. The first-order valence-corrected chi connectivity index (χ1v) is 6.58. The Hall–Kier alpha value is -0.570. The third-order valence-electron chi connectivity index (χ3n) is 2.91. The van der Waals surface area contributed by atoms with Crippen LogP contribution in [0.5, 0.6) is 0 Å². The summed E-state index contributed by atoms with van der Waals surface area (Å²) < 4.78 is 0. The summed E-state index contributed by atoms with van der Waals surface area (Å²) in [5.74, 6) is 0.206. The predicted molar refractivity (Wildman–Crippen MR) is 69.2 cm³/mol. The van der Waals surface area contributed by atoms with E-state index in [4.69, 9.17) is 5.73 Å². The molecule has 0 fully saturated rings. The van der Waals surface area contributed by atoms with Gasteiger partial charge in [-0.3, -0.25) is 4.79 Å². The van der Waals surface area contributed by atoms with Gasteiger partial charge in [0.25, 0.3) is 0 Å². The van der Waals surface area contributed by atoms with Crippen molar-refractivity contribution in [2.75, 3.05) is 0 Å². The molecule has 0 aliphatic heterocycles. The number of carbonyl (C=O) groups is 1. The lowest BCUT2D eigenvalue weighted by Gasteiger charge is -2.22. The maximum atomic E-state index is 11.8. The van der Waals surface area contributed by atoms with Crippen LogP contribution in [0.15, 0.2) is 0 Å². The van der Waals surface area contributed by atoms with E-state index >= 15 is 0 Å². The van der Waals surface area contributed by atoms with E-state index in [2.05, 4.69) is 19.2 Å². The predicted octanol–water partition coefficient (Wildman–Crippen LogP) is 2.44. The normalized spacial score (nSPS) is 14.9. The van der Waals surface area contributed by atoms with E-state index in [1.807, 2.05) is 13.8 Å². The van der Waals surface area contributed by atoms with Gasteiger partial charge in [0.1, 0.15) is 0 Å².